The van der Waals surface area contributed by atoms with Crippen LogP contribution >= 0.6 is 0 Å². The van der Waals surface area contributed by atoms with Gasteiger partial charge in [-0.15, -0.1) is 0 Å². The Balaban J connectivity index is 1.70. The average molecular weight is 232 g/mol. The van der Waals surface area contributed by atoms with Crippen LogP contribution in [0.1, 0.15) is 38.5 Å². The molecule has 2 fully saturated rings. The molecule has 1 heterocycles. The molecule has 15 heavy (non-hydrogen) atoms. The maximum Gasteiger partial charge on any atom is 0.211 e. The number of rotatable bonds is 5. The maximum atomic E-state index is 11.6. The second-order valence-corrected chi connectivity index (χ2v) is 6.52. The first kappa shape index (κ1) is 11.4. The summed E-state index contributed by atoms with van der Waals surface area (Å²) in [5.74, 6) is 0.279. The molecule has 88 valence electrons. The summed E-state index contributed by atoms with van der Waals surface area (Å²) in [5.41, 5.74) is 0. The third-order valence-corrected chi connectivity index (χ3v) is 4.54. The summed E-state index contributed by atoms with van der Waals surface area (Å²) in [7, 11) is -3.01. The summed E-state index contributed by atoms with van der Waals surface area (Å²) in [6, 6.07) is 0.656. The third-order valence-electron chi connectivity index (χ3n) is 3.07. The van der Waals surface area contributed by atoms with Crippen LogP contribution in [0.5, 0.6) is 0 Å². The lowest BCUT2D eigenvalue weighted by atomic mass is 10.0. The van der Waals surface area contributed by atoms with Crippen molar-refractivity contribution in [3.8, 4) is 0 Å². The summed E-state index contributed by atoms with van der Waals surface area (Å²) in [5, 5.41) is 3.37. The zero-order chi connectivity index (χ0) is 10.7. The minimum absolute atomic E-state index is 0.245. The maximum absolute atomic E-state index is 11.6. The molecular formula is C10H20N2O2S. The van der Waals surface area contributed by atoms with Gasteiger partial charge in [-0.05, 0) is 38.6 Å². The molecule has 1 aliphatic carbocycles. The van der Waals surface area contributed by atoms with Gasteiger partial charge in [0.2, 0.25) is 10.0 Å². The molecule has 0 aromatic heterocycles. The first-order valence-corrected chi connectivity index (χ1v) is 7.54. The molecule has 2 aliphatic rings. The molecule has 0 radical (unpaired) electrons. The van der Waals surface area contributed by atoms with Crippen molar-refractivity contribution in [2.45, 2.75) is 50.6 Å². The van der Waals surface area contributed by atoms with Gasteiger partial charge in [-0.25, -0.2) is 13.1 Å². The summed E-state index contributed by atoms with van der Waals surface area (Å²) < 4.78 is 25.9. The van der Waals surface area contributed by atoms with Crippen LogP contribution in [0.3, 0.4) is 0 Å². The molecule has 5 heteroatoms. The lowest BCUT2D eigenvalue weighted by Crippen LogP contribution is -2.37. The molecule has 0 aromatic rings. The zero-order valence-corrected chi connectivity index (χ0v) is 9.85. The number of nitrogens with one attached hydrogen (secondary N) is 2. The van der Waals surface area contributed by atoms with Crippen LogP contribution in [0.25, 0.3) is 0 Å². The third kappa shape index (κ3) is 4.09. The van der Waals surface area contributed by atoms with Crippen LogP contribution in [0.15, 0.2) is 0 Å². The van der Waals surface area contributed by atoms with Crippen molar-refractivity contribution < 1.29 is 8.42 Å². The Morgan fingerprint density at radius 1 is 1.20 bits per heavy atom. The highest BCUT2D eigenvalue weighted by molar-refractivity contribution is 7.89. The van der Waals surface area contributed by atoms with Gasteiger partial charge in [0.15, 0.2) is 0 Å². The highest BCUT2D eigenvalue weighted by Crippen LogP contribution is 2.20. The summed E-state index contributed by atoms with van der Waals surface area (Å²) >= 11 is 0. The van der Waals surface area contributed by atoms with Gasteiger partial charge in [0.25, 0.3) is 0 Å². The van der Waals surface area contributed by atoms with E-state index in [1.54, 1.807) is 0 Å². The SMILES string of the molecule is O=S(=O)(CCC1CCCCN1)NC1CC1. The van der Waals surface area contributed by atoms with Crippen LogP contribution in [0.4, 0.5) is 0 Å². The number of hydrogen-bond acceptors (Lipinski definition) is 3. The largest absolute Gasteiger partial charge is 0.314 e. The van der Waals surface area contributed by atoms with E-state index < -0.39 is 10.0 Å². The van der Waals surface area contributed by atoms with Crippen LogP contribution in [0, 0.1) is 0 Å². The van der Waals surface area contributed by atoms with Crippen molar-refractivity contribution >= 4 is 10.0 Å². The molecule has 1 saturated heterocycles. The van der Waals surface area contributed by atoms with E-state index in [2.05, 4.69) is 10.0 Å². The van der Waals surface area contributed by atoms with Gasteiger partial charge in [-0.3, -0.25) is 0 Å². The number of hydrogen-bond donors (Lipinski definition) is 2. The topological polar surface area (TPSA) is 58.2 Å². The Kier molecular flexibility index (Phi) is 3.64. The summed E-state index contributed by atoms with van der Waals surface area (Å²) in [6.07, 6.45) is 6.36. The molecule has 1 atom stereocenters. The zero-order valence-electron chi connectivity index (χ0n) is 9.04. The van der Waals surface area contributed by atoms with Crippen molar-refractivity contribution in [1.29, 1.82) is 0 Å². The molecule has 1 unspecified atom stereocenters. The second-order valence-electron chi connectivity index (χ2n) is 4.65. The fourth-order valence-corrected chi connectivity index (χ4v) is 3.44. The van der Waals surface area contributed by atoms with Crippen molar-refractivity contribution in [3.63, 3.8) is 0 Å². The van der Waals surface area contributed by atoms with Gasteiger partial charge in [-0.2, -0.15) is 0 Å². The van der Waals surface area contributed by atoms with Gasteiger partial charge in [0.05, 0.1) is 5.75 Å². The average Bonchev–Trinajstić information content (AvgIpc) is 3.00. The Hall–Kier alpha value is -0.130. The van der Waals surface area contributed by atoms with Gasteiger partial charge < -0.3 is 5.32 Å². The molecule has 1 saturated carbocycles. The van der Waals surface area contributed by atoms with Crippen molar-refractivity contribution in [2.75, 3.05) is 12.3 Å². The number of sulfonamides is 1. The van der Waals surface area contributed by atoms with E-state index in [0.717, 1.165) is 32.2 Å². The van der Waals surface area contributed by atoms with Crippen LogP contribution in [-0.4, -0.2) is 32.8 Å². The molecule has 0 spiro atoms. The minimum atomic E-state index is -3.01. The fourth-order valence-electron chi connectivity index (χ4n) is 1.98. The Morgan fingerprint density at radius 2 is 2.00 bits per heavy atom. The molecule has 0 aromatic carbocycles. The lowest BCUT2D eigenvalue weighted by Gasteiger charge is -2.23. The molecule has 4 nitrogen and oxygen atoms in total. The lowest BCUT2D eigenvalue weighted by molar-refractivity contribution is 0.392. The normalized spacial score (nSPS) is 27.9. The van der Waals surface area contributed by atoms with Gasteiger partial charge >= 0.3 is 0 Å². The second kappa shape index (κ2) is 4.80. The first-order valence-electron chi connectivity index (χ1n) is 5.89. The van der Waals surface area contributed by atoms with Crippen LogP contribution in [-0.2, 0) is 10.0 Å². The predicted molar refractivity (Wildman–Crippen MR) is 60.2 cm³/mol. The Bertz CT molecular complexity index is 293. The molecule has 0 amide bonds. The van der Waals surface area contributed by atoms with E-state index in [-0.39, 0.29) is 11.8 Å². The van der Waals surface area contributed by atoms with Gasteiger partial charge in [0, 0.05) is 12.1 Å². The molecule has 2 rings (SSSR count). The van der Waals surface area contributed by atoms with E-state index in [1.165, 1.54) is 12.8 Å². The fraction of sp³-hybridized carbons (Fsp3) is 1.00. The van der Waals surface area contributed by atoms with E-state index >= 15 is 0 Å². The highest BCUT2D eigenvalue weighted by atomic mass is 32.2. The molecule has 2 N–H and O–H groups in total. The van der Waals surface area contributed by atoms with Gasteiger partial charge in [0.1, 0.15) is 0 Å². The van der Waals surface area contributed by atoms with Crippen molar-refractivity contribution in [2.24, 2.45) is 0 Å². The van der Waals surface area contributed by atoms with E-state index in [0.29, 0.717) is 6.04 Å². The van der Waals surface area contributed by atoms with Crippen molar-refractivity contribution in [1.82, 2.24) is 10.0 Å². The van der Waals surface area contributed by atoms with Crippen LogP contribution < -0.4 is 10.0 Å². The highest BCUT2D eigenvalue weighted by Gasteiger charge is 2.27. The monoisotopic (exact) mass is 232 g/mol. The van der Waals surface area contributed by atoms with Crippen LogP contribution in [0.2, 0.25) is 0 Å². The van der Waals surface area contributed by atoms with E-state index in [4.69, 9.17) is 0 Å². The predicted octanol–water partition coefficient (Wildman–Crippen LogP) is 0.600. The first-order chi connectivity index (χ1) is 7.16. The molecular weight excluding hydrogens is 212 g/mol. The summed E-state index contributed by atoms with van der Waals surface area (Å²) in [6.45, 7) is 1.04. The van der Waals surface area contributed by atoms with E-state index in [9.17, 15) is 8.42 Å². The Morgan fingerprint density at radius 3 is 2.60 bits per heavy atom. The summed E-state index contributed by atoms with van der Waals surface area (Å²) in [4.78, 5) is 0. The standard InChI is InChI=1S/C10H20N2O2S/c13-15(14,12-10-4-5-10)8-6-9-3-1-2-7-11-9/h9-12H,1-8H2. The Labute approximate surface area is 91.9 Å². The minimum Gasteiger partial charge on any atom is -0.314 e. The quantitative estimate of drug-likeness (QED) is 0.730. The number of piperidine rings is 1. The van der Waals surface area contributed by atoms with Crippen molar-refractivity contribution in [3.05, 3.63) is 0 Å². The smallest absolute Gasteiger partial charge is 0.211 e. The molecule has 0 bridgehead atoms. The van der Waals surface area contributed by atoms with Gasteiger partial charge in [-0.1, -0.05) is 6.42 Å². The van der Waals surface area contributed by atoms with E-state index in [1.807, 2.05) is 0 Å². The molecule has 1 aliphatic heterocycles.